The van der Waals surface area contributed by atoms with Gasteiger partial charge in [-0.05, 0) is 0 Å². The number of carbonyl (C=O) groups excluding carboxylic acids is 1. The van der Waals surface area contributed by atoms with Crippen LogP contribution < -0.4 is 0 Å². The number of carbonyl (C=O) groups is 1. The van der Waals surface area contributed by atoms with E-state index in [-0.39, 0.29) is 10.7 Å². The molecular weight excluding hydrogens is 387 g/mol. The van der Waals surface area contributed by atoms with Gasteiger partial charge in [0.25, 0.3) is 10.0 Å². The number of piperazine rings is 1. The molecule has 0 radical (unpaired) electrons. The van der Waals surface area contributed by atoms with Crippen LogP contribution in [0.1, 0.15) is 0 Å². The Morgan fingerprint density at radius 2 is 1.17 bits per heavy atom. The van der Waals surface area contributed by atoms with Gasteiger partial charge in [0, 0.05) is 26.2 Å². The minimum Gasteiger partial charge on any atom is -0.343 e. The zero-order valence-corrected chi connectivity index (χ0v) is 12.2. The van der Waals surface area contributed by atoms with Gasteiger partial charge in [0.15, 0.2) is 0 Å². The highest BCUT2D eigenvalue weighted by atomic mass is 32.2. The average molecular weight is 396 g/mol. The van der Waals surface area contributed by atoms with Crippen molar-refractivity contribution in [2.75, 3.05) is 26.2 Å². The number of rotatable bonds is 5. The van der Waals surface area contributed by atoms with Gasteiger partial charge < -0.3 is 4.90 Å². The summed E-state index contributed by atoms with van der Waals surface area (Å²) in [6, 6.07) is 0. The van der Waals surface area contributed by atoms with Crippen LogP contribution in [0.15, 0.2) is 0 Å². The molecule has 1 saturated heterocycles. The van der Waals surface area contributed by atoms with Crippen molar-refractivity contribution >= 4 is 16.4 Å². The molecule has 1 heterocycles. The summed E-state index contributed by atoms with van der Waals surface area (Å²) in [4.78, 5) is 11.2. The van der Waals surface area contributed by atoms with Gasteiger partial charge in [0.2, 0.25) is 6.41 Å². The molecule has 5 nitrogen and oxygen atoms in total. The van der Waals surface area contributed by atoms with E-state index in [0.29, 0.717) is 0 Å². The highest BCUT2D eigenvalue weighted by Gasteiger charge is 2.85. The second-order valence-corrected chi connectivity index (χ2v) is 6.69. The first-order chi connectivity index (χ1) is 10.5. The van der Waals surface area contributed by atoms with Crippen LogP contribution >= 0.6 is 0 Å². The molecule has 24 heavy (non-hydrogen) atoms. The first-order valence-corrected chi connectivity index (χ1v) is 7.37. The molecule has 0 aromatic heterocycles. The Morgan fingerprint density at radius 1 is 0.750 bits per heavy atom. The summed E-state index contributed by atoms with van der Waals surface area (Å²) in [7, 11) is -6.57. The number of sulfonamides is 1. The molecule has 142 valence electrons. The van der Waals surface area contributed by atoms with E-state index in [1.807, 2.05) is 0 Å². The lowest BCUT2D eigenvalue weighted by Gasteiger charge is -2.38. The summed E-state index contributed by atoms with van der Waals surface area (Å²) in [5.41, 5.74) is 0. The van der Waals surface area contributed by atoms with E-state index in [4.69, 9.17) is 0 Å². The third-order valence-electron chi connectivity index (χ3n) is 3.20. The van der Waals surface area contributed by atoms with E-state index in [9.17, 15) is 52.7 Å². The van der Waals surface area contributed by atoms with E-state index in [0.717, 1.165) is 4.90 Å². The number of alkyl halides is 9. The SMILES string of the molecule is O=CN1CCN(S(=O)(=O)C(F)(F)C(F)(F)C(F)(F)C(F)(F)F)CC1. The lowest BCUT2D eigenvalue weighted by Crippen LogP contribution is -2.66. The largest absolute Gasteiger partial charge is 0.460 e. The molecule has 1 aliphatic rings. The fourth-order valence-electron chi connectivity index (χ4n) is 1.73. The third kappa shape index (κ3) is 2.91. The van der Waals surface area contributed by atoms with E-state index >= 15 is 0 Å². The summed E-state index contributed by atoms with van der Waals surface area (Å²) >= 11 is 0. The van der Waals surface area contributed by atoms with Crippen molar-refractivity contribution in [1.82, 2.24) is 9.21 Å². The van der Waals surface area contributed by atoms with E-state index in [2.05, 4.69) is 0 Å². The molecule has 0 aromatic carbocycles. The maximum atomic E-state index is 13.5. The molecule has 1 rings (SSSR count). The van der Waals surface area contributed by atoms with Crippen LogP contribution in [0.25, 0.3) is 0 Å². The Bertz CT molecular complexity index is 582. The monoisotopic (exact) mass is 396 g/mol. The molecule has 1 aliphatic heterocycles. The second kappa shape index (κ2) is 5.93. The Kier molecular flexibility index (Phi) is 5.14. The number of hydrogen-bond acceptors (Lipinski definition) is 3. The maximum Gasteiger partial charge on any atom is 0.460 e. The minimum atomic E-state index is -7.29. The molecule has 0 saturated carbocycles. The van der Waals surface area contributed by atoms with Crippen LogP contribution in [0.2, 0.25) is 0 Å². The van der Waals surface area contributed by atoms with E-state index in [1.165, 1.54) is 0 Å². The van der Waals surface area contributed by atoms with Crippen molar-refractivity contribution in [1.29, 1.82) is 0 Å². The van der Waals surface area contributed by atoms with Crippen LogP contribution in [-0.2, 0) is 14.8 Å². The summed E-state index contributed by atoms with van der Waals surface area (Å²) in [5, 5.41) is -6.73. The smallest absolute Gasteiger partial charge is 0.343 e. The van der Waals surface area contributed by atoms with E-state index in [1.54, 1.807) is 0 Å². The Morgan fingerprint density at radius 3 is 1.50 bits per heavy atom. The van der Waals surface area contributed by atoms with Gasteiger partial charge in [0.1, 0.15) is 0 Å². The minimum absolute atomic E-state index is 0.189. The predicted molar refractivity (Wildman–Crippen MR) is 59.0 cm³/mol. The Labute approximate surface area is 129 Å². The molecule has 15 heteroatoms. The van der Waals surface area contributed by atoms with E-state index < -0.39 is 59.5 Å². The number of amides is 1. The van der Waals surface area contributed by atoms with Crippen LogP contribution in [0.5, 0.6) is 0 Å². The third-order valence-corrected chi connectivity index (χ3v) is 5.15. The zero-order chi connectivity index (χ0) is 19.2. The number of hydrogen-bond donors (Lipinski definition) is 0. The molecule has 0 aliphatic carbocycles. The highest BCUT2D eigenvalue weighted by Crippen LogP contribution is 2.55. The van der Waals surface area contributed by atoms with Gasteiger partial charge in [-0.15, -0.1) is 0 Å². The molecule has 1 amide bonds. The fraction of sp³-hybridized carbons (Fsp3) is 0.889. The molecule has 0 atom stereocenters. The normalized spacial score (nSPS) is 19.5. The number of nitrogens with zero attached hydrogens (tertiary/aromatic N) is 2. The first kappa shape index (κ1) is 20.8. The zero-order valence-electron chi connectivity index (χ0n) is 11.3. The van der Waals surface area contributed by atoms with Gasteiger partial charge in [-0.3, -0.25) is 4.79 Å². The standard InChI is InChI=1S/C9H9F9N2O3S/c10-6(11,8(14,15)16)7(12,13)9(17,18)24(22,23)20-3-1-19(5-21)2-4-20/h5H,1-4H2. The lowest BCUT2D eigenvalue weighted by molar-refractivity contribution is -0.382. The molecule has 0 N–H and O–H groups in total. The van der Waals surface area contributed by atoms with Crippen molar-refractivity contribution in [3.05, 3.63) is 0 Å². The molecule has 0 spiro atoms. The summed E-state index contributed by atoms with van der Waals surface area (Å²) in [5.74, 6) is -14.5. The average Bonchev–Trinajstić information content (AvgIpc) is 2.45. The fourth-order valence-corrected chi connectivity index (χ4v) is 3.15. The van der Waals surface area contributed by atoms with Gasteiger partial charge >= 0.3 is 23.3 Å². The van der Waals surface area contributed by atoms with Crippen LogP contribution in [0.4, 0.5) is 39.5 Å². The van der Waals surface area contributed by atoms with Crippen molar-refractivity contribution < 1.29 is 52.7 Å². The molecule has 0 bridgehead atoms. The topological polar surface area (TPSA) is 57.7 Å². The highest BCUT2D eigenvalue weighted by molar-refractivity contribution is 7.90. The van der Waals surface area contributed by atoms with Gasteiger partial charge in [-0.1, -0.05) is 0 Å². The van der Waals surface area contributed by atoms with Crippen LogP contribution in [0.3, 0.4) is 0 Å². The predicted octanol–water partition coefficient (Wildman–Crippen LogP) is 1.52. The molecule has 0 unspecified atom stereocenters. The van der Waals surface area contributed by atoms with Crippen molar-refractivity contribution in [3.8, 4) is 0 Å². The van der Waals surface area contributed by atoms with Crippen LogP contribution in [-0.4, -0.2) is 73.5 Å². The maximum absolute atomic E-state index is 13.5. The number of halogens is 9. The van der Waals surface area contributed by atoms with Crippen molar-refractivity contribution in [3.63, 3.8) is 0 Å². The second-order valence-electron chi connectivity index (χ2n) is 4.71. The molecule has 1 fully saturated rings. The van der Waals surface area contributed by atoms with Crippen molar-refractivity contribution in [2.45, 2.75) is 23.3 Å². The van der Waals surface area contributed by atoms with Gasteiger partial charge in [-0.2, -0.15) is 43.8 Å². The summed E-state index contributed by atoms with van der Waals surface area (Å²) in [6.45, 7) is -2.99. The Balaban J connectivity index is 3.24. The Hall–Kier alpha value is -1.25. The summed E-state index contributed by atoms with van der Waals surface area (Å²) < 4.78 is 137. The summed E-state index contributed by atoms with van der Waals surface area (Å²) in [6.07, 6.45) is -6.92. The molecular formula is C9H9F9N2O3S. The van der Waals surface area contributed by atoms with Gasteiger partial charge in [-0.25, -0.2) is 8.42 Å². The first-order valence-electron chi connectivity index (χ1n) is 5.93. The lowest BCUT2D eigenvalue weighted by atomic mass is 10.1. The quantitative estimate of drug-likeness (QED) is 0.523. The van der Waals surface area contributed by atoms with Gasteiger partial charge in [0.05, 0.1) is 0 Å². The molecule has 0 aromatic rings. The van der Waals surface area contributed by atoms with Crippen molar-refractivity contribution in [2.24, 2.45) is 0 Å². The van der Waals surface area contributed by atoms with Crippen LogP contribution in [0, 0.1) is 0 Å².